The Hall–Kier alpha value is -3.95. The molecule has 1 aromatic heterocycles. The van der Waals surface area contributed by atoms with Crippen LogP contribution < -0.4 is 0 Å². The van der Waals surface area contributed by atoms with E-state index in [2.05, 4.69) is 0 Å². The van der Waals surface area contributed by atoms with Crippen molar-refractivity contribution >= 4 is 17.9 Å². The lowest BCUT2D eigenvalue weighted by atomic mass is 9.47. The molecule has 0 unspecified atom stereocenters. The first kappa shape index (κ1) is 29.1. The van der Waals surface area contributed by atoms with Gasteiger partial charge in [-0.05, 0) is 77.3 Å². The number of aliphatic hydroxyl groups is 1. The number of fused-ring (bicyclic) bond motifs is 1. The molecule has 3 fully saturated rings. The second kappa shape index (κ2) is 10.3. The first-order valence-electron chi connectivity index (χ1n) is 14.6. The minimum Gasteiger partial charge on any atom is -0.472 e. The van der Waals surface area contributed by atoms with Crippen molar-refractivity contribution in [2.75, 3.05) is 0 Å². The largest absolute Gasteiger partial charge is 0.472 e. The van der Waals surface area contributed by atoms with E-state index in [0.29, 0.717) is 11.1 Å². The smallest absolute Gasteiger partial charge is 0.341 e. The molecule has 2 heterocycles. The van der Waals surface area contributed by atoms with E-state index in [0.717, 1.165) is 0 Å². The van der Waals surface area contributed by atoms with Crippen LogP contribution in [0.1, 0.15) is 78.0 Å². The van der Waals surface area contributed by atoms with Gasteiger partial charge < -0.3 is 28.5 Å². The monoisotopic (exact) mass is 588 g/mol. The maximum absolute atomic E-state index is 13.5. The molecule has 1 saturated heterocycles. The number of ether oxygens (including phenoxy) is 4. The van der Waals surface area contributed by atoms with Crippen LogP contribution in [-0.2, 0) is 18.9 Å². The molecular weight excluding hydrogens is 552 g/mol. The second-order valence-electron chi connectivity index (χ2n) is 12.7. The normalized spacial score (nSPS) is 34.1. The van der Waals surface area contributed by atoms with Crippen LogP contribution in [0.15, 0.2) is 83.7 Å². The molecule has 9 heteroatoms. The van der Waals surface area contributed by atoms with Gasteiger partial charge in [-0.3, -0.25) is 0 Å². The van der Waals surface area contributed by atoms with Crippen molar-refractivity contribution in [2.24, 2.45) is 11.3 Å². The van der Waals surface area contributed by atoms with E-state index < -0.39 is 64.4 Å². The van der Waals surface area contributed by atoms with Gasteiger partial charge in [-0.1, -0.05) is 36.4 Å². The van der Waals surface area contributed by atoms with Gasteiger partial charge in [0, 0.05) is 5.92 Å². The molecule has 43 heavy (non-hydrogen) atoms. The number of esters is 3. The van der Waals surface area contributed by atoms with E-state index in [-0.39, 0.29) is 24.8 Å². The van der Waals surface area contributed by atoms with Gasteiger partial charge >= 0.3 is 17.9 Å². The molecule has 2 aliphatic carbocycles. The lowest BCUT2D eigenvalue weighted by Gasteiger charge is -2.64. The van der Waals surface area contributed by atoms with Crippen molar-refractivity contribution in [2.45, 2.75) is 82.1 Å². The van der Waals surface area contributed by atoms with Gasteiger partial charge in [0.25, 0.3) is 0 Å². The van der Waals surface area contributed by atoms with E-state index in [4.69, 9.17) is 23.4 Å². The Balaban J connectivity index is 1.47. The average molecular weight is 589 g/mol. The topological polar surface area (TPSA) is 122 Å². The lowest BCUT2D eigenvalue weighted by molar-refractivity contribution is -0.324. The van der Waals surface area contributed by atoms with Crippen LogP contribution in [0, 0.1) is 11.3 Å². The molecule has 0 amide bonds. The average Bonchev–Trinajstić information content (AvgIpc) is 3.59. The molecule has 6 rings (SSSR count). The SMILES string of the molecule is CC1(C)O[C@]23[C@H](OC(=O)c4ccccc4)[C@H]1C[C@H](OC(=O)c1ccccc1)[C@]2(C)[C@@H](OC(=O)c1ccoc1)CC[C@]3(C)O. The zero-order chi connectivity index (χ0) is 30.6. The third-order valence-corrected chi connectivity index (χ3v) is 9.89. The van der Waals surface area contributed by atoms with Crippen molar-refractivity contribution in [1.29, 1.82) is 0 Å². The summed E-state index contributed by atoms with van der Waals surface area (Å²) < 4.78 is 30.7. The molecule has 2 aromatic carbocycles. The molecule has 0 radical (unpaired) electrons. The summed E-state index contributed by atoms with van der Waals surface area (Å²) in [6.45, 7) is 7.23. The highest BCUT2D eigenvalue weighted by molar-refractivity contribution is 5.90. The maximum Gasteiger partial charge on any atom is 0.341 e. The van der Waals surface area contributed by atoms with Gasteiger partial charge in [0.15, 0.2) is 0 Å². The third-order valence-electron chi connectivity index (χ3n) is 9.89. The Morgan fingerprint density at radius 2 is 1.33 bits per heavy atom. The number of hydrogen-bond acceptors (Lipinski definition) is 9. The van der Waals surface area contributed by atoms with Gasteiger partial charge in [-0.15, -0.1) is 0 Å². The minimum absolute atomic E-state index is 0.174. The van der Waals surface area contributed by atoms with Crippen molar-refractivity contribution < 1.29 is 42.9 Å². The van der Waals surface area contributed by atoms with E-state index >= 15 is 0 Å². The van der Waals surface area contributed by atoms with Crippen LogP contribution in [0.4, 0.5) is 0 Å². The highest BCUT2D eigenvalue weighted by Gasteiger charge is 2.82. The van der Waals surface area contributed by atoms with Crippen LogP contribution in [0.25, 0.3) is 0 Å². The van der Waals surface area contributed by atoms with E-state index in [1.54, 1.807) is 74.5 Å². The molecule has 2 bridgehead atoms. The van der Waals surface area contributed by atoms with E-state index in [9.17, 15) is 19.5 Å². The molecule has 2 saturated carbocycles. The third kappa shape index (κ3) is 4.48. The van der Waals surface area contributed by atoms with E-state index in [1.807, 2.05) is 13.8 Å². The number of rotatable bonds is 6. The Morgan fingerprint density at radius 3 is 1.91 bits per heavy atom. The molecule has 1 aliphatic heterocycles. The summed E-state index contributed by atoms with van der Waals surface area (Å²) in [6, 6.07) is 18.7. The second-order valence-corrected chi connectivity index (χ2v) is 12.7. The quantitative estimate of drug-likeness (QED) is 0.299. The van der Waals surface area contributed by atoms with Crippen molar-refractivity contribution in [3.8, 4) is 0 Å². The zero-order valence-corrected chi connectivity index (χ0v) is 24.6. The minimum atomic E-state index is -1.61. The predicted molar refractivity (Wildman–Crippen MR) is 153 cm³/mol. The lowest BCUT2D eigenvalue weighted by Crippen LogP contribution is -2.79. The fourth-order valence-corrected chi connectivity index (χ4v) is 7.70. The van der Waals surface area contributed by atoms with Crippen molar-refractivity contribution in [1.82, 2.24) is 0 Å². The van der Waals surface area contributed by atoms with E-state index in [1.165, 1.54) is 18.6 Å². The number of carbonyl (C=O) groups is 3. The Morgan fingerprint density at radius 1 is 0.767 bits per heavy atom. The standard InChI is InChI=1S/C34H36O9/c1-31(2)24-19-26(41-28(35)21-11-7-5-8-12-21)33(4)25(40-30(37)23-16-18-39-20-23)15-17-32(3,38)34(33,43-31)27(24)42-29(36)22-13-9-6-10-14-22/h5-14,16,18,20,24-27,38H,15,17,19H2,1-4H3/t24-,25+,26+,27-,32+,33+,34+/m1/s1. The first-order valence-corrected chi connectivity index (χ1v) is 14.6. The predicted octanol–water partition coefficient (Wildman–Crippen LogP) is 5.37. The maximum atomic E-state index is 13.5. The number of furan rings is 1. The molecule has 1 spiro atoms. The van der Waals surface area contributed by atoms with Crippen LogP contribution in [0.5, 0.6) is 0 Å². The molecule has 7 atom stereocenters. The molecular formula is C34H36O9. The molecule has 9 nitrogen and oxygen atoms in total. The summed E-state index contributed by atoms with van der Waals surface area (Å²) in [7, 11) is 0. The number of hydrogen-bond donors (Lipinski definition) is 1. The van der Waals surface area contributed by atoms with Gasteiger partial charge in [-0.2, -0.15) is 0 Å². The highest BCUT2D eigenvalue weighted by atomic mass is 16.6. The van der Waals surface area contributed by atoms with Crippen LogP contribution in [0.2, 0.25) is 0 Å². The number of carbonyl (C=O) groups excluding carboxylic acids is 3. The fraction of sp³-hybridized carbons (Fsp3) is 0.441. The highest BCUT2D eigenvalue weighted by Crippen LogP contribution is 2.68. The van der Waals surface area contributed by atoms with Crippen molar-refractivity contribution in [3.05, 3.63) is 95.9 Å². The summed E-state index contributed by atoms with van der Waals surface area (Å²) in [5, 5.41) is 12.3. The van der Waals surface area contributed by atoms with Gasteiger partial charge in [0.2, 0.25) is 0 Å². The van der Waals surface area contributed by atoms with Crippen molar-refractivity contribution in [3.63, 3.8) is 0 Å². The van der Waals surface area contributed by atoms with Crippen LogP contribution in [-0.4, -0.2) is 58.1 Å². The summed E-state index contributed by atoms with van der Waals surface area (Å²) in [5.74, 6) is -2.20. The Kier molecular flexibility index (Phi) is 7.01. The molecule has 3 aromatic rings. The van der Waals surface area contributed by atoms with Gasteiger partial charge in [-0.25, -0.2) is 14.4 Å². The molecule has 226 valence electrons. The van der Waals surface area contributed by atoms with Gasteiger partial charge in [0.05, 0.1) is 39.6 Å². The summed E-state index contributed by atoms with van der Waals surface area (Å²) in [6.07, 6.45) is 0.648. The van der Waals surface area contributed by atoms with Gasteiger partial charge in [0.1, 0.15) is 30.2 Å². The van der Waals surface area contributed by atoms with Crippen LogP contribution >= 0.6 is 0 Å². The molecule has 1 N–H and O–H groups in total. The Labute approximate surface area is 250 Å². The number of benzene rings is 2. The first-order chi connectivity index (χ1) is 20.4. The van der Waals surface area contributed by atoms with Crippen LogP contribution in [0.3, 0.4) is 0 Å². The Bertz CT molecular complexity index is 1500. The summed E-state index contributed by atoms with van der Waals surface area (Å²) in [5.41, 5.74) is -4.49. The summed E-state index contributed by atoms with van der Waals surface area (Å²) >= 11 is 0. The fourth-order valence-electron chi connectivity index (χ4n) is 7.70. The summed E-state index contributed by atoms with van der Waals surface area (Å²) in [4.78, 5) is 40.4. The molecule has 3 aliphatic rings. The zero-order valence-electron chi connectivity index (χ0n) is 24.6.